The van der Waals surface area contributed by atoms with Crippen LogP contribution in [0.5, 0.6) is 17.2 Å². The Morgan fingerprint density at radius 3 is 2.44 bits per heavy atom. The minimum Gasteiger partial charge on any atom is -0.508 e. The van der Waals surface area contributed by atoms with Gasteiger partial charge in [0.1, 0.15) is 11.9 Å². The Morgan fingerprint density at radius 2 is 1.75 bits per heavy atom. The van der Waals surface area contributed by atoms with E-state index in [4.69, 9.17) is 14.5 Å². The van der Waals surface area contributed by atoms with Crippen molar-refractivity contribution in [1.82, 2.24) is 5.32 Å². The van der Waals surface area contributed by atoms with Crippen LogP contribution in [0.4, 0.5) is 0 Å². The van der Waals surface area contributed by atoms with Crippen molar-refractivity contribution in [1.29, 1.82) is 0 Å². The zero-order valence-corrected chi connectivity index (χ0v) is 20.0. The number of hydrogen-bond acceptors (Lipinski definition) is 5. The van der Waals surface area contributed by atoms with Crippen molar-refractivity contribution in [2.45, 2.75) is 32.0 Å². The van der Waals surface area contributed by atoms with Gasteiger partial charge >= 0.3 is 0 Å². The van der Waals surface area contributed by atoms with Crippen LogP contribution in [0.2, 0.25) is 0 Å². The number of phenols is 1. The lowest BCUT2D eigenvalue weighted by atomic mass is 9.93. The molecule has 0 fully saturated rings. The standard InChI is InChI=1S/C26H27BrN2O3/c1-4-16-5-7-17(8-6-16)21-15-22(20-14-19(27)10-11-23(20)30)29-26(28-21)18-9-12-24(31-2)25(13-18)32-3/h5-14,22,26,29-30H,4,15H2,1-3H3/t22-,26-/m0/s1. The molecule has 0 amide bonds. The Morgan fingerprint density at radius 1 is 1.00 bits per heavy atom. The maximum Gasteiger partial charge on any atom is 0.161 e. The maximum absolute atomic E-state index is 10.6. The summed E-state index contributed by atoms with van der Waals surface area (Å²) in [6.07, 6.45) is 1.36. The third-order valence-electron chi connectivity index (χ3n) is 5.83. The van der Waals surface area contributed by atoms with E-state index in [1.807, 2.05) is 30.3 Å². The molecule has 5 nitrogen and oxygen atoms in total. The van der Waals surface area contributed by atoms with Crippen LogP contribution in [0.25, 0.3) is 0 Å². The van der Waals surface area contributed by atoms with Crippen LogP contribution in [-0.2, 0) is 6.42 Å². The Labute approximate surface area is 197 Å². The van der Waals surface area contributed by atoms with E-state index in [-0.39, 0.29) is 18.0 Å². The van der Waals surface area contributed by atoms with Gasteiger partial charge in [0.2, 0.25) is 0 Å². The van der Waals surface area contributed by atoms with Crippen molar-refractivity contribution in [3.05, 3.63) is 87.4 Å². The molecule has 166 valence electrons. The second-order valence-corrected chi connectivity index (χ2v) is 8.69. The van der Waals surface area contributed by atoms with Crippen LogP contribution in [-0.4, -0.2) is 25.0 Å². The van der Waals surface area contributed by atoms with Crippen LogP contribution >= 0.6 is 15.9 Å². The van der Waals surface area contributed by atoms with E-state index in [1.54, 1.807) is 20.3 Å². The van der Waals surface area contributed by atoms with Crippen molar-refractivity contribution >= 4 is 21.6 Å². The molecule has 2 N–H and O–H groups in total. The molecule has 3 aromatic rings. The van der Waals surface area contributed by atoms with Gasteiger partial charge in [0.05, 0.1) is 14.2 Å². The van der Waals surface area contributed by atoms with Gasteiger partial charge in [0.15, 0.2) is 11.5 Å². The quantitative estimate of drug-likeness (QED) is 0.443. The van der Waals surface area contributed by atoms with Gasteiger partial charge in [-0.2, -0.15) is 0 Å². The van der Waals surface area contributed by atoms with Gasteiger partial charge < -0.3 is 14.6 Å². The molecule has 1 heterocycles. The van der Waals surface area contributed by atoms with Crippen LogP contribution in [0, 0.1) is 0 Å². The lowest BCUT2D eigenvalue weighted by Gasteiger charge is -2.31. The molecule has 0 bridgehead atoms. The highest BCUT2D eigenvalue weighted by Gasteiger charge is 2.28. The van der Waals surface area contributed by atoms with Gasteiger partial charge in [-0.05, 0) is 53.4 Å². The Bertz CT molecular complexity index is 1130. The Hall–Kier alpha value is -2.83. The molecule has 3 aromatic carbocycles. The third kappa shape index (κ3) is 4.66. The maximum atomic E-state index is 10.6. The molecule has 1 aliphatic heterocycles. The number of benzene rings is 3. The van der Waals surface area contributed by atoms with Gasteiger partial charge in [-0.15, -0.1) is 0 Å². The second kappa shape index (κ2) is 9.76. The first kappa shape index (κ1) is 22.4. The Kier molecular flexibility index (Phi) is 6.82. The van der Waals surface area contributed by atoms with Crippen LogP contribution in [0.3, 0.4) is 0 Å². The summed E-state index contributed by atoms with van der Waals surface area (Å²) in [5, 5.41) is 14.2. The summed E-state index contributed by atoms with van der Waals surface area (Å²) in [6, 6.07) is 19.8. The van der Waals surface area contributed by atoms with Crippen molar-refractivity contribution in [2.75, 3.05) is 14.2 Å². The first-order chi connectivity index (χ1) is 15.5. The van der Waals surface area contributed by atoms with Crippen molar-refractivity contribution in [3.8, 4) is 17.2 Å². The number of rotatable bonds is 6. The van der Waals surface area contributed by atoms with E-state index in [0.717, 1.165) is 33.3 Å². The van der Waals surface area contributed by atoms with E-state index in [1.165, 1.54) is 5.56 Å². The molecule has 6 heteroatoms. The lowest BCUT2D eigenvalue weighted by molar-refractivity contribution is 0.353. The average Bonchev–Trinajstić information content (AvgIpc) is 2.84. The normalized spacial score (nSPS) is 18.2. The van der Waals surface area contributed by atoms with E-state index in [2.05, 4.69) is 52.4 Å². The number of nitrogens with one attached hydrogen (secondary N) is 1. The van der Waals surface area contributed by atoms with Gasteiger partial charge in [0, 0.05) is 28.2 Å². The number of aryl methyl sites for hydroxylation is 1. The van der Waals surface area contributed by atoms with Crippen LogP contribution in [0.1, 0.15) is 47.8 Å². The summed E-state index contributed by atoms with van der Waals surface area (Å²) in [7, 11) is 3.25. The number of halogens is 1. The van der Waals surface area contributed by atoms with Gasteiger partial charge in [-0.1, -0.05) is 53.2 Å². The second-order valence-electron chi connectivity index (χ2n) is 7.77. The minimum atomic E-state index is -0.298. The number of aromatic hydroxyl groups is 1. The van der Waals surface area contributed by atoms with E-state index in [9.17, 15) is 5.11 Å². The number of methoxy groups -OCH3 is 2. The summed E-state index contributed by atoms with van der Waals surface area (Å²) in [4.78, 5) is 5.05. The molecular weight excluding hydrogens is 468 g/mol. The summed E-state index contributed by atoms with van der Waals surface area (Å²) in [5.41, 5.74) is 5.18. The molecule has 1 aliphatic rings. The smallest absolute Gasteiger partial charge is 0.161 e. The summed E-state index contributed by atoms with van der Waals surface area (Å²) in [6.45, 7) is 2.15. The number of aliphatic imine (C=N–C) groups is 1. The number of hydrogen-bond donors (Lipinski definition) is 2. The van der Waals surface area contributed by atoms with Crippen molar-refractivity contribution < 1.29 is 14.6 Å². The van der Waals surface area contributed by atoms with Crippen LogP contribution in [0.15, 0.2) is 70.1 Å². The number of ether oxygens (including phenoxy) is 2. The fourth-order valence-electron chi connectivity index (χ4n) is 4.01. The SMILES string of the molecule is CCc1ccc(C2=N[C@H](c3ccc(OC)c(OC)c3)N[C@H](c3cc(Br)ccc3O)C2)cc1. The Balaban J connectivity index is 1.77. The van der Waals surface area contributed by atoms with Crippen molar-refractivity contribution in [2.24, 2.45) is 4.99 Å². The zero-order chi connectivity index (χ0) is 22.7. The van der Waals surface area contributed by atoms with E-state index < -0.39 is 0 Å². The molecule has 4 rings (SSSR count). The summed E-state index contributed by atoms with van der Waals surface area (Å²) in [5.74, 6) is 1.59. The highest BCUT2D eigenvalue weighted by Crippen LogP contribution is 2.37. The molecule has 0 spiro atoms. The minimum absolute atomic E-state index is 0.107. The molecule has 0 aromatic heterocycles. The highest BCUT2D eigenvalue weighted by molar-refractivity contribution is 9.10. The molecule has 2 atom stereocenters. The highest BCUT2D eigenvalue weighted by atomic mass is 79.9. The molecule has 0 radical (unpaired) electrons. The first-order valence-electron chi connectivity index (χ1n) is 10.6. The molecule has 0 saturated heterocycles. The van der Waals surface area contributed by atoms with Crippen LogP contribution < -0.4 is 14.8 Å². The first-order valence-corrected chi connectivity index (χ1v) is 11.4. The summed E-state index contributed by atoms with van der Waals surface area (Å²) >= 11 is 3.53. The van der Waals surface area contributed by atoms with Gasteiger partial charge in [-0.3, -0.25) is 10.3 Å². The number of phenolic OH excluding ortho intramolecular Hbond substituents is 1. The molecule has 0 saturated carbocycles. The molecular formula is C26H27BrN2O3. The molecule has 0 aliphatic carbocycles. The topological polar surface area (TPSA) is 63.1 Å². The molecule has 0 unspecified atom stereocenters. The predicted octanol–water partition coefficient (Wildman–Crippen LogP) is 5.96. The van der Waals surface area contributed by atoms with E-state index >= 15 is 0 Å². The third-order valence-corrected chi connectivity index (χ3v) is 6.32. The fraction of sp³-hybridized carbons (Fsp3) is 0.269. The van der Waals surface area contributed by atoms with Gasteiger partial charge in [-0.25, -0.2) is 0 Å². The van der Waals surface area contributed by atoms with Gasteiger partial charge in [0.25, 0.3) is 0 Å². The zero-order valence-electron chi connectivity index (χ0n) is 18.4. The van der Waals surface area contributed by atoms with E-state index in [0.29, 0.717) is 17.9 Å². The lowest BCUT2D eigenvalue weighted by Crippen LogP contribution is -2.33. The predicted molar refractivity (Wildman–Crippen MR) is 131 cm³/mol. The van der Waals surface area contributed by atoms with Crippen molar-refractivity contribution in [3.63, 3.8) is 0 Å². The summed E-state index contributed by atoms with van der Waals surface area (Å²) < 4.78 is 11.8. The fourth-order valence-corrected chi connectivity index (χ4v) is 4.39. The molecule has 32 heavy (non-hydrogen) atoms. The average molecular weight is 495 g/mol. The monoisotopic (exact) mass is 494 g/mol. The largest absolute Gasteiger partial charge is 0.508 e. The number of nitrogens with zero attached hydrogens (tertiary/aromatic N) is 1.